The number of hydrogen-bond acceptors (Lipinski definition) is 2. The maximum atomic E-state index is 13.7. The molecule has 3 aliphatic heterocycles. The number of aryl methyl sites for hydroxylation is 1. The molecule has 4 heteroatoms. The van der Waals surface area contributed by atoms with Crippen LogP contribution in [-0.2, 0) is 15.0 Å². The van der Waals surface area contributed by atoms with Crippen molar-refractivity contribution in [1.82, 2.24) is 9.80 Å². The second-order valence-corrected chi connectivity index (χ2v) is 8.34. The van der Waals surface area contributed by atoms with Crippen LogP contribution in [0.2, 0.25) is 0 Å². The average molecular weight is 340 g/mol. The first-order chi connectivity index (χ1) is 12.0. The van der Waals surface area contributed by atoms with Gasteiger partial charge in [-0.2, -0.15) is 0 Å². The molecule has 0 N–H and O–H groups in total. The summed E-state index contributed by atoms with van der Waals surface area (Å²) in [7, 11) is 0. The Bertz CT molecular complexity index is 693. The maximum Gasteiger partial charge on any atom is 0.235 e. The van der Waals surface area contributed by atoms with Crippen molar-refractivity contribution in [3.63, 3.8) is 0 Å². The highest BCUT2D eigenvalue weighted by Gasteiger charge is 2.54. The van der Waals surface area contributed by atoms with Gasteiger partial charge in [-0.25, -0.2) is 0 Å². The number of benzene rings is 1. The highest BCUT2D eigenvalue weighted by Crippen LogP contribution is 2.44. The van der Waals surface area contributed by atoms with Crippen molar-refractivity contribution >= 4 is 11.8 Å². The third-order valence-corrected chi connectivity index (χ3v) is 6.53. The molecule has 3 fully saturated rings. The first-order valence-corrected chi connectivity index (χ1v) is 9.65. The molecule has 3 saturated heterocycles. The molecule has 0 aliphatic carbocycles. The smallest absolute Gasteiger partial charge is 0.235 e. The number of carbonyl (C=O) groups excluding carboxylic acids is 2. The van der Waals surface area contributed by atoms with E-state index in [1.54, 1.807) is 0 Å². The van der Waals surface area contributed by atoms with E-state index in [0.29, 0.717) is 18.9 Å². The molecule has 2 amide bonds. The summed E-state index contributed by atoms with van der Waals surface area (Å²) in [5.41, 5.74) is 1.72. The summed E-state index contributed by atoms with van der Waals surface area (Å²) in [4.78, 5) is 30.0. The third kappa shape index (κ3) is 2.76. The van der Waals surface area contributed by atoms with E-state index in [-0.39, 0.29) is 17.9 Å². The van der Waals surface area contributed by atoms with Gasteiger partial charge < -0.3 is 9.80 Å². The number of amides is 2. The van der Waals surface area contributed by atoms with Crippen LogP contribution in [0.4, 0.5) is 0 Å². The summed E-state index contributed by atoms with van der Waals surface area (Å²) < 4.78 is 0. The van der Waals surface area contributed by atoms with Crippen molar-refractivity contribution in [3.05, 3.63) is 35.4 Å². The Kier molecular flexibility index (Phi) is 4.09. The molecule has 4 rings (SSSR count). The van der Waals surface area contributed by atoms with Crippen LogP contribution in [0.5, 0.6) is 0 Å². The van der Waals surface area contributed by atoms with Gasteiger partial charge in [0.05, 0.1) is 5.41 Å². The lowest BCUT2D eigenvalue weighted by molar-refractivity contribution is -0.139. The van der Waals surface area contributed by atoms with Gasteiger partial charge in [0.2, 0.25) is 11.8 Å². The molecule has 1 aromatic carbocycles. The Balaban J connectivity index is 1.70. The SMILES string of the molecule is Cc1cccc([C@]2(C(=O)N3CCC(C)CC3)C[C@@H]3CCC(=O)N3C2)c1. The number of fused-ring (bicyclic) bond motifs is 1. The topological polar surface area (TPSA) is 40.6 Å². The maximum absolute atomic E-state index is 13.7. The molecule has 0 unspecified atom stereocenters. The number of piperidine rings is 1. The largest absolute Gasteiger partial charge is 0.342 e. The molecule has 25 heavy (non-hydrogen) atoms. The lowest BCUT2D eigenvalue weighted by Crippen LogP contribution is -2.51. The fraction of sp³-hybridized carbons (Fsp3) is 0.619. The Hall–Kier alpha value is -1.84. The molecule has 0 aromatic heterocycles. The Morgan fingerprint density at radius 3 is 2.64 bits per heavy atom. The van der Waals surface area contributed by atoms with Crippen LogP contribution in [-0.4, -0.2) is 47.3 Å². The lowest BCUT2D eigenvalue weighted by Gasteiger charge is -2.38. The first-order valence-electron chi connectivity index (χ1n) is 9.65. The molecule has 4 nitrogen and oxygen atoms in total. The molecule has 0 bridgehead atoms. The van der Waals surface area contributed by atoms with Gasteiger partial charge >= 0.3 is 0 Å². The van der Waals surface area contributed by atoms with Crippen molar-refractivity contribution in [2.24, 2.45) is 5.92 Å². The molecule has 3 aliphatic rings. The average Bonchev–Trinajstić information content (AvgIpc) is 3.15. The molecule has 0 spiro atoms. The number of likely N-dealkylation sites (tertiary alicyclic amines) is 1. The molecule has 1 aromatic rings. The van der Waals surface area contributed by atoms with E-state index in [0.717, 1.165) is 44.3 Å². The van der Waals surface area contributed by atoms with Crippen LogP contribution < -0.4 is 0 Å². The number of carbonyl (C=O) groups is 2. The van der Waals surface area contributed by atoms with Gasteiger partial charge in [0.25, 0.3) is 0 Å². The van der Waals surface area contributed by atoms with Crippen LogP contribution in [0.25, 0.3) is 0 Å². The molecule has 2 atom stereocenters. The van der Waals surface area contributed by atoms with Crippen molar-refractivity contribution in [2.75, 3.05) is 19.6 Å². The third-order valence-electron chi connectivity index (χ3n) is 6.53. The van der Waals surface area contributed by atoms with Crippen molar-refractivity contribution in [2.45, 2.75) is 57.4 Å². The summed E-state index contributed by atoms with van der Waals surface area (Å²) in [5.74, 6) is 1.17. The predicted molar refractivity (Wildman–Crippen MR) is 97.2 cm³/mol. The van der Waals surface area contributed by atoms with Gasteiger partial charge in [-0.15, -0.1) is 0 Å². The molecule has 0 saturated carbocycles. The zero-order chi connectivity index (χ0) is 17.6. The van der Waals surface area contributed by atoms with Crippen molar-refractivity contribution < 1.29 is 9.59 Å². The molecular formula is C21H28N2O2. The van der Waals surface area contributed by atoms with E-state index >= 15 is 0 Å². The second kappa shape index (κ2) is 6.15. The van der Waals surface area contributed by atoms with Crippen LogP contribution in [0, 0.1) is 12.8 Å². The number of nitrogens with zero attached hydrogens (tertiary/aromatic N) is 2. The van der Waals surface area contributed by atoms with E-state index in [2.05, 4.69) is 36.9 Å². The van der Waals surface area contributed by atoms with Gasteiger partial charge in [0.15, 0.2) is 0 Å². The van der Waals surface area contributed by atoms with Crippen molar-refractivity contribution in [3.8, 4) is 0 Å². The quantitative estimate of drug-likeness (QED) is 0.831. The minimum absolute atomic E-state index is 0.222. The fourth-order valence-electron chi connectivity index (χ4n) is 4.92. The van der Waals surface area contributed by atoms with E-state index in [1.807, 2.05) is 11.0 Å². The Morgan fingerprint density at radius 2 is 1.96 bits per heavy atom. The molecular weight excluding hydrogens is 312 g/mol. The predicted octanol–water partition coefficient (Wildman–Crippen LogP) is 2.89. The van der Waals surface area contributed by atoms with E-state index in [1.165, 1.54) is 5.56 Å². The number of rotatable bonds is 2. The second-order valence-electron chi connectivity index (χ2n) is 8.34. The van der Waals surface area contributed by atoms with Gasteiger partial charge in [-0.1, -0.05) is 36.8 Å². The normalized spacial score (nSPS) is 30.0. The first kappa shape index (κ1) is 16.6. The Morgan fingerprint density at radius 1 is 1.20 bits per heavy atom. The van der Waals surface area contributed by atoms with E-state index < -0.39 is 5.41 Å². The standard InChI is InChI=1S/C21H28N2O2/c1-15-8-10-22(11-9-15)20(25)21(17-5-3-4-16(2)12-17)13-18-6-7-19(24)23(18)14-21/h3-5,12,15,18H,6-11,13-14H2,1-2H3/t18-,21-/m0/s1. The summed E-state index contributed by atoms with van der Waals surface area (Å²) in [6.07, 6.45) is 4.50. The van der Waals surface area contributed by atoms with Gasteiger partial charge in [0.1, 0.15) is 0 Å². The molecule has 134 valence electrons. The molecule has 0 radical (unpaired) electrons. The fourth-order valence-corrected chi connectivity index (χ4v) is 4.92. The van der Waals surface area contributed by atoms with Gasteiger partial charge in [-0.3, -0.25) is 9.59 Å². The summed E-state index contributed by atoms with van der Waals surface area (Å²) >= 11 is 0. The van der Waals surface area contributed by atoms with Gasteiger partial charge in [0, 0.05) is 32.1 Å². The minimum atomic E-state index is -0.548. The van der Waals surface area contributed by atoms with E-state index in [9.17, 15) is 9.59 Å². The lowest BCUT2D eigenvalue weighted by atomic mass is 9.75. The van der Waals surface area contributed by atoms with Crippen LogP contribution in [0.3, 0.4) is 0 Å². The monoisotopic (exact) mass is 340 g/mol. The highest BCUT2D eigenvalue weighted by atomic mass is 16.2. The summed E-state index contributed by atoms with van der Waals surface area (Å²) in [6.45, 7) is 6.61. The van der Waals surface area contributed by atoms with Crippen LogP contribution in [0.1, 0.15) is 50.2 Å². The number of hydrogen-bond donors (Lipinski definition) is 0. The summed E-state index contributed by atoms with van der Waals surface area (Å²) in [6, 6.07) is 8.59. The summed E-state index contributed by atoms with van der Waals surface area (Å²) in [5, 5.41) is 0. The van der Waals surface area contributed by atoms with Crippen LogP contribution in [0.15, 0.2) is 24.3 Å². The van der Waals surface area contributed by atoms with Crippen LogP contribution >= 0.6 is 0 Å². The Labute approximate surface area is 150 Å². The zero-order valence-electron chi connectivity index (χ0n) is 15.3. The zero-order valence-corrected chi connectivity index (χ0v) is 15.3. The highest BCUT2D eigenvalue weighted by molar-refractivity contribution is 5.91. The minimum Gasteiger partial charge on any atom is -0.342 e. The molecule has 3 heterocycles. The van der Waals surface area contributed by atoms with Gasteiger partial charge in [-0.05, 0) is 44.1 Å². The van der Waals surface area contributed by atoms with Crippen molar-refractivity contribution in [1.29, 1.82) is 0 Å². The van der Waals surface area contributed by atoms with E-state index in [4.69, 9.17) is 0 Å².